The molecule has 0 saturated heterocycles. The highest BCUT2D eigenvalue weighted by Gasteiger charge is 2.30. The number of aromatic amines is 1. The number of rotatable bonds is 9. The van der Waals surface area contributed by atoms with Crippen LogP contribution in [-0.4, -0.2) is 30.0 Å². The molecule has 10 heteroatoms. The molecule has 0 spiro atoms. The first kappa shape index (κ1) is 23.5. The Hall–Kier alpha value is -4.21. The lowest BCUT2D eigenvalue weighted by Gasteiger charge is -2.09. The van der Waals surface area contributed by atoms with E-state index in [2.05, 4.69) is 25.6 Å². The van der Waals surface area contributed by atoms with Crippen LogP contribution in [0.4, 0.5) is 5.82 Å². The lowest BCUT2D eigenvalue weighted by atomic mass is 10.1. The molecule has 36 heavy (non-hydrogen) atoms. The summed E-state index contributed by atoms with van der Waals surface area (Å²) in [6, 6.07) is 11.8. The average Bonchev–Trinajstić information content (AvgIpc) is 3.62. The number of H-pyrrole nitrogens is 1. The van der Waals surface area contributed by atoms with Crippen LogP contribution >= 0.6 is 0 Å². The van der Waals surface area contributed by atoms with Gasteiger partial charge in [0.25, 0.3) is 5.56 Å². The maximum atomic E-state index is 13.0. The maximum absolute atomic E-state index is 13.0. The zero-order chi connectivity index (χ0) is 25.2. The van der Waals surface area contributed by atoms with Gasteiger partial charge in [-0.2, -0.15) is 0 Å². The second-order valence-electron chi connectivity index (χ2n) is 9.14. The van der Waals surface area contributed by atoms with Crippen molar-refractivity contribution in [2.75, 3.05) is 5.32 Å². The van der Waals surface area contributed by atoms with Crippen molar-refractivity contribution in [1.29, 1.82) is 0 Å². The van der Waals surface area contributed by atoms with Gasteiger partial charge in [0.05, 0.1) is 0 Å². The third kappa shape index (κ3) is 4.79. The van der Waals surface area contributed by atoms with Gasteiger partial charge in [-0.1, -0.05) is 31.2 Å². The molecule has 0 atom stereocenters. The molecule has 1 aromatic carbocycles. The highest BCUT2D eigenvalue weighted by atomic mass is 16.2. The fraction of sp³-hybridized carbons (Fsp3) is 0.346. The quantitative estimate of drug-likeness (QED) is 0.333. The van der Waals surface area contributed by atoms with Gasteiger partial charge in [0.1, 0.15) is 17.2 Å². The van der Waals surface area contributed by atoms with Crippen LogP contribution in [-0.2, 0) is 24.4 Å². The smallest absolute Gasteiger partial charge is 0.332 e. The van der Waals surface area contributed by atoms with Gasteiger partial charge in [-0.3, -0.25) is 18.7 Å². The number of carbonyl (C=O) groups excluding carboxylic acids is 1. The van der Waals surface area contributed by atoms with E-state index in [1.54, 1.807) is 10.8 Å². The van der Waals surface area contributed by atoms with Crippen molar-refractivity contribution in [1.82, 2.24) is 29.4 Å². The number of hydrogen-bond acceptors (Lipinski definition) is 6. The largest absolute Gasteiger partial charge is 0.366 e. The molecule has 1 saturated carbocycles. The van der Waals surface area contributed by atoms with E-state index >= 15 is 0 Å². The minimum absolute atomic E-state index is 0.0521. The van der Waals surface area contributed by atoms with E-state index in [0.29, 0.717) is 48.9 Å². The Bertz CT molecular complexity index is 1510. The third-order valence-electron chi connectivity index (χ3n) is 6.24. The summed E-state index contributed by atoms with van der Waals surface area (Å²) in [5.74, 6) is 1.17. The van der Waals surface area contributed by atoms with Gasteiger partial charge in [-0.05, 0) is 42.5 Å². The Morgan fingerprint density at radius 1 is 1.08 bits per heavy atom. The zero-order valence-corrected chi connectivity index (χ0v) is 20.4. The Labute approximate surface area is 207 Å². The predicted octanol–water partition coefficient (Wildman–Crippen LogP) is 2.94. The lowest BCUT2D eigenvalue weighted by molar-refractivity contribution is -0.119. The van der Waals surface area contributed by atoms with E-state index in [4.69, 9.17) is 0 Å². The van der Waals surface area contributed by atoms with E-state index in [-0.39, 0.29) is 23.2 Å². The fourth-order valence-electron chi connectivity index (χ4n) is 4.18. The van der Waals surface area contributed by atoms with E-state index in [9.17, 15) is 14.4 Å². The summed E-state index contributed by atoms with van der Waals surface area (Å²) >= 11 is 0. The van der Waals surface area contributed by atoms with Gasteiger partial charge in [-0.15, -0.1) is 0 Å². The number of carbonyl (C=O) groups is 1. The minimum atomic E-state index is -0.332. The number of aromatic nitrogens is 5. The van der Waals surface area contributed by atoms with Gasteiger partial charge < -0.3 is 15.6 Å². The van der Waals surface area contributed by atoms with Crippen molar-refractivity contribution in [3.8, 4) is 11.4 Å². The van der Waals surface area contributed by atoms with Crippen molar-refractivity contribution >= 4 is 22.9 Å². The summed E-state index contributed by atoms with van der Waals surface area (Å²) < 4.78 is 2.97. The second kappa shape index (κ2) is 9.80. The fourth-order valence-corrected chi connectivity index (χ4v) is 4.18. The van der Waals surface area contributed by atoms with Gasteiger partial charge in [0, 0.05) is 44.4 Å². The monoisotopic (exact) mass is 487 g/mol. The highest BCUT2D eigenvalue weighted by Crippen LogP contribution is 2.35. The number of nitrogens with zero attached hydrogens (tertiary/aromatic N) is 4. The van der Waals surface area contributed by atoms with E-state index in [1.807, 2.05) is 43.3 Å². The molecule has 10 nitrogen and oxygen atoms in total. The van der Waals surface area contributed by atoms with Gasteiger partial charge in [0.2, 0.25) is 5.91 Å². The van der Waals surface area contributed by atoms with Crippen molar-refractivity contribution < 1.29 is 4.79 Å². The molecule has 0 radical (unpaired) electrons. The SMILES string of the molecule is CCCn1c(=O)c2[nH]c(-c3ccc(NCc4ccc(CNC(C)=O)cc4)nc3)nc2n(C2CC2)c1=O. The Morgan fingerprint density at radius 2 is 1.81 bits per heavy atom. The topological polar surface area (TPSA) is 127 Å². The number of hydrogen-bond donors (Lipinski definition) is 3. The molecule has 0 bridgehead atoms. The molecule has 4 aromatic rings. The first-order chi connectivity index (χ1) is 17.4. The standard InChI is InChI=1S/C26H29N7O3/c1-3-12-32-25(35)22-24(33(26(32)36)20-9-10-20)31-23(30-22)19-8-11-21(29-15-19)28-14-18-6-4-17(5-7-18)13-27-16(2)34/h4-8,11,15,20H,3,9-10,12-14H2,1-2H3,(H,27,34)(H,28,29)(H,30,31). The molecule has 1 amide bonds. The van der Waals surface area contributed by atoms with E-state index in [0.717, 1.165) is 29.5 Å². The summed E-state index contributed by atoms with van der Waals surface area (Å²) in [4.78, 5) is 49.3. The third-order valence-corrected chi connectivity index (χ3v) is 6.24. The first-order valence-corrected chi connectivity index (χ1v) is 12.2. The van der Waals surface area contributed by atoms with Crippen molar-refractivity contribution in [2.45, 2.75) is 58.8 Å². The molecule has 3 heterocycles. The first-order valence-electron chi connectivity index (χ1n) is 12.2. The molecule has 186 valence electrons. The van der Waals surface area contributed by atoms with Gasteiger partial charge in [0.15, 0.2) is 5.65 Å². The van der Waals surface area contributed by atoms with Crippen LogP contribution in [0.25, 0.3) is 22.6 Å². The number of amides is 1. The van der Waals surface area contributed by atoms with Crippen LogP contribution < -0.4 is 21.9 Å². The molecule has 3 aromatic heterocycles. The Balaban J connectivity index is 1.33. The molecule has 5 rings (SSSR count). The van der Waals surface area contributed by atoms with Crippen LogP contribution in [0.15, 0.2) is 52.2 Å². The normalized spacial score (nSPS) is 13.2. The van der Waals surface area contributed by atoms with E-state index in [1.165, 1.54) is 11.5 Å². The lowest BCUT2D eigenvalue weighted by Crippen LogP contribution is -2.39. The van der Waals surface area contributed by atoms with Crippen LogP contribution in [0.2, 0.25) is 0 Å². The molecule has 1 fully saturated rings. The Kier molecular flexibility index (Phi) is 6.41. The van der Waals surface area contributed by atoms with Crippen molar-refractivity contribution in [2.24, 2.45) is 0 Å². The summed E-state index contributed by atoms with van der Waals surface area (Å²) in [5, 5.41) is 6.08. The summed E-state index contributed by atoms with van der Waals surface area (Å²) in [6.45, 7) is 4.94. The number of nitrogens with one attached hydrogen (secondary N) is 3. The molecule has 0 unspecified atom stereocenters. The van der Waals surface area contributed by atoms with Crippen LogP contribution in [0.1, 0.15) is 50.3 Å². The molecule has 0 aliphatic heterocycles. The van der Waals surface area contributed by atoms with Gasteiger partial charge >= 0.3 is 5.69 Å². The molecule has 3 N–H and O–H groups in total. The number of pyridine rings is 1. The molecule has 1 aliphatic carbocycles. The average molecular weight is 488 g/mol. The summed E-state index contributed by atoms with van der Waals surface area (Å²) in [7, 11) is 0. The minimum Gasteiger partial charge on any atom is -0.366 e. The number of fused-ring (bicyclic) bond motifs is 1. The van der Waals surface area contributed by atoms with Crippen molar-refractivity contribution in [3.05, 3.63) is 74.6 Å². The van der Waals surface area contributed by atoms with Crippen LogP contribution in [0.5, 0.6) is 0 Å². The summed E-state index contributed by atoms with van der Waals surface area (Å²) in [5.41, 5.74) is 3.02. The Morgan fingerprint density at radius 3 is 2.42 bits per heavy atom. The highest BCUT2D eigenvalue weighted by molar-refractivity contribution is 5.76. The molecule has 1 aliphatic rings. The second-order valence-corrected chi connectivity index (χ2v) is 9.14. The summed E-state index contributed by atoms with van der Waals surface area (Å²) in [6.07, 6.45) is 4.23. The van der Waals surface area contributed by atoms with Crippen molar-refractivity contribution in [3.63, 3.8) is 0 Å². The zero-order valence-electron chi connectivity index (χ0n) is 20.4. The maximum Gasteiger partial charge on any atom is 0.332 e. The van der Waals surface area contributed by atoms with Crippen LogP contribution in [0.3, 0.4) is 0 Å². The number of anilines is 1. The predicted molar refractivity (Wildman–Crippen MR) is 138 cm³/mol. The number of benzene rings is 1. The van der Waals surface area contributed by atoms with E-state index < -0.39 is 0 Å². The molecular weight excluding hydrogens is 458 g/mol. The number of imidazole rings is 1. The molecular formula is C26H29N7O3. The van der Waals surface area contributed by atoms with Gasteiger partial charge in [-0.25, -0.2) is 14.8 Å². The van der Waals surface area contributed by atoms with Crippen LogP contribution in [0, 0.1) is 0 Å².